The topological polar surface area (TPSA) is 37.8 Å². The summed E-state index contributed by atoms with van der Waals surface area (Å²) in [5.41, 5.74) is 4.43. The number of fused-ring (bicyclic) bond motifs is 1. The normalized spacial score (nSPS) is 12.7. The molecule has 0 aliphatic carbocycles. The van der Waals surface area contributed by atoms with Gasteiger partial charge in [-0.25, -0.2) is 4.98 Å². The Bertz CT molecular complexity index is 764. The van der Waals surface area contributed by atoms with Crippen LogP contribution in [-0.4, -0.2) is 16.5 Å². The smallest absolute Gasteiger partial charge is 0.0898 e. The van der Waals surface area contributed by atoms with Crippen LogP contribution in [0.2, 0.25) is 0 Å². The lowest BCUT2D eigenvalue weighted by Gasteiger charge is -2.17. The van der Waals surface area contributed by atoms with E-state index in [1.54, 1.807) is 11.3 Å². The summed E-state index contributed by atoms with van der Waals surface area (Å²) in [4.78, 5) is 9.21. The summed E-state index contributed by atoms with van der Waals surface area (Å²) < 4.78 is 0. The average molecular weight is 297 g/mol. The van der Waals surface area contributed by atoms with Gasteiger partial charge in [-0.05, 0) is 44.2 Å². The second-order valence-corrected chi connectivity index (χ2v) is 6.25. The lowest BCUT2D eigenvalue weighted by Crippen LogP contribution is -2.22. The zero-order valence-electron chi connectivity index (χ0n) is 12.6. The first kappa shape index (κ1) is 14.2. The summed E-state index contributed by atoms with van der Waals surface area (Å²) in [6, 6.07) is 10.8. The number of hydrogen-bond acceptors (Lipinski definition) is 4. The lowest BCUT2D eigenvalue weighted by atomic mass is 10.0. The highest BCUT2D eigenvalue weighted by molar-refractivity contribution is 7.09. The Kier molecular flexibility index (Phi) is 3.99. The third-order valence-electron chi connectivity index (χ3n) is 3.53. The molecule has 0 spiro atoms. The van der Waals surface area contributed by atoms with Gasteiger partial charge in [-0.2, -0.15) is 0 Å². The molecular weight excluding hydrogens is 278 g/mol. The molecule has 4 heteroatoms. The number of benzene rings is 1. The second-order valence-electron chi connectivity index (χ2n) is 5.19. The summed E-state index contributed by atoms with van der Waals surface area (Å²) in [5.74, 6) is 0. The number of aromatic nitrogens is 2. The Morgan fingerprint density at radius 2 is 2.00 bits per heavy atom. The number of hydrogen-bond donors (Lipinski definition) is 1. The monoisotopic (exact) mass is 297 g/mol. The highest BCUT2D eigenvalue weighted by Crippen LogP contribution is 2.26. The fraction of sp³-hybridized carbons (Fsp3) is 0.294. The molecule has 1 aromatic carbocycles. The summed E-state index contributed by atoms with van der Waals surface area (Å²) in [5, 5.41) is 7.94. The molecule has 3 rings (SSSR count). The Labute approximate surface area is 129 Å². The largest absolute Gasteiger partial charge is 0.305 e. The van der Waals surface area contributed by atoms with E-state index in [9.17, 15) is 0 Å². The molecule has 0 aliphatic rings. The molecular formula is C17H19N3S. The fourth-order valence-corrected chi connectivity index (χ4v) is 3.17. The van der Waals surface area contributed by atoms with Crippen molar-refractivity contribution in [1.82, 2.24) is 15.3 Å². The number of thiazole rings is 1. The Balaban J connectivity index is 2.04. The maximum atomic E-state index is 4.64. The van der Waals surface area contributed by atoms with Crippen molar-refractivity contribution in [2.24, 2.45) is 0 Å². The van der Waals surface area contributed by atoms with Crippen molar-refractivity contribution in [3.8, 4) is 0 Å². The van der Waals surface area contributed by atoms with Gasteiger partial charge in [0, 0.05) is 16.5 Å². The molecule has 21 heavy (non-hydrogen) atoms. The Hall–Kier alpha value is -1.78. The molecule has 0 radical (unpaired) electrons. The van der Waals surface area contributed by atoms with Gasteiger partial charge in [-0.15, -0.1) is 11.3 Å². The second kappa shape index (κ2) is 5.92. The predicted octanol–water partition coefficient (Wildman–Crippen LogP) is 4.01. The van der Waals surface area contributed by atoms with Crippen LogP contribution in [0.1, 0.15) is 34.9 Å². The Morgan fingerprint density at radius 3 is 2.71 bits per heavy atom. The van der Waals surface area contributed by atoms with Crippen LogP contribution in [0.15, 0.2) is 35.7 Å². The van der Waals surface area contributed by atoms with Crippen molar-refractivity contribution in [2.45, 2.75) is 26.8 Å². The highest BCUT2D eigenvalue weighted by atomic mass is 32.1. The number of aryl methyl sites for hydroxylation is 2. The number of rotatable bonds is 4. The number of nitrogens with zero attached hydrogens (tertiary/aromatic N) is 2. The molecule has 2 heterocycles. The molecule has 3 aromatic rings. The molecule has 1 unspecified atom stereocenters. The molecule has 0 fully saturated rings. The summed E-state index contributed by atoms with van der Waals surface area (Å²) in [6.07, 6.45) is 0. The third kappa shape index (κ3) is 2.96. The molecule has 0 amide bonds. The fourth-order valence-electron chi connectivity index (χ4n) is 2.54. The van der Waals surface area contributed by atoms with Gasteiger partial charge < -0.3 is 5.32 Å². The highest BCUT2D eigenvalue weighted by Gasteiger charge is 2.16. The molecule has 1 N–H and O–H groups in total. The first-order valence-corrected chi connectivity index (χ1v) is 8.08. The zero-order chi connectivity index (χ0) is 14.8. The van der Waals surface area contributed by atoms with E-state index >= 15 is 0 Å². The SMILES string of the molecule is CCNC(c1ccc2nc(C)ccc2c1)c1csc(C)n1. The van der Waals surface area contributed by atoms with Crippen LogP contribution in [0.4, 0.5) is 0 Å². The van der Waals surface area contributed by atoms with Crippen molar-refractivity contribution in [3.63, 3.8) is 0 Å². The van der Waals surface area contributed by atoms with E-state index in [0.717, 1.165) is 28.5 Å². The molecule has 0 aliphatic heterocycles. The molecule has 108 valence electrons. The van der Waals surface area contributed by atoms with Crippen molar-refractivity contribution in [3.05, 3.63) is 57.7 Å². The van der Waals surface area contributed by atoms with Crippen LogP contribution in [0.5, 0.6) is 0 Å². The van der Waals surface area contributed by atoms with Crippen LogP contribution < -0.4 is 5.32 Å². The van der Waals surface area contributed by atoms with Crippen LogP contribution in [0.25, 0.3) is 10.9 Å². The van der Waals surface area contributed by atoms with E-state index in [4.69, 9.17) is 0 Å². The number of nitrogens with one attached hydrogen (secondary N) is 1. The van der Waals surface area contributed by atoms with Crippen LogP contribution in [-0.2, 0) is 0 Å². The lowest BCUT2D eigenvalue weighted by molar-refractivity contribution is 0.618. The molecule has 3 nitrogen and oxygen atoms in total. The van der Waals surface area contributed by atoms with Gasteiger partial charge >= 0.3 is 0 Å². The van der Waals surface area contributed by atoms with E-state index in [1.165, 1.54) is 10.9 Å². The van der Waals surface area contributed by atoms with Gasteiger partial charge in [-0.3, -0.25) is 4.98 Å². The van der Waals surface area contributed by atoms with E-state index in [-0.39, 0.29) is 6.04 Å². The first-order valence-electron chi connectivity index (χ1n) is 7.20. The summed E-state index contributed by atoms with van der Waals surface area (Å²) >= 11 is 1.70. The van der Waals surface area contributed by atoms with Crippen molar-refractivity contribution in [1.29, 1.82) is 0 Å². The van der Waals surface area contributed by atoms with Crippen LogP contribution in [0.3, 0.4) is 0 Å². The van der Waals surface area contributed by atoms with Crippen LogP contribution in [0, 0.1) is 13.8 Å². The molecule has 0 saturated heterocycles. The zero-order valence-corrected chi connectivity index (χ0v) is 13.4. The van der Waals surface area contributed by atoms with E-state index < -0.39 is 0 Å². The molecule has 2 aromatic heterocycles. The minimum atomic E-state index is 0.144. The minimum Gasteiger partial charge on any atom is -0.305 e. The number of pyridine rings is 1. The standard InChI is InChI=1S/C17H19N3S/c1-4-18-17(16-10-21-12(3)20-16)14-7-8-15-13(9-14)6-5-11(2)19-15/h5-10,17-18H,4H2,1-3H3. The van der Waals surface area contributed by atoms with E-state index in [1.807, 2.05) is 13.8 Å². The maximum Gasteiger partial charge on any atom is 0.0898 e. The van der Waals surface area contributed by atoms with Crippen molar-refractivity contribution < 1.29 is 0 Å². The molecule has 0 bridgehead atoms. The predicted molar refractivity (Wildman–Crippen MR) is 88.9 cm³/mol. The third-order valence-corrected chi connectivity index (χ3v) is 4.32. The van der Waals surface area contributed by atoms with Gasteiger partial charge in [0.15, 0.2) is 0 Å². The van der Waals surface area contributed by atoms with Gasteiger partial charge in [0.05, 0.1) is 22.3 Å². The molecule has 1 atom stereocenters. The van der Waals surface area contributed by atoms with E-state index in [0.29, 0.717) is 0 Å². The molecule has 0 saturated carbocycles. The average Bonchev–Trinajstić information content (AvgIpc) is 2.90. The Morgan fingerprint density at radius 1 is 1.14 bits per heavy atom. The maximum absolute atomic E-state index is 4.64. The van der Waals surface area contributed by atoms with Gasteiger partial charge in [0.25, 0.3) is 0 Å². The quantitative estimate of drug-likeness (QED) is 0.790. The first-order chi connectivity index (χ1) is 10.2. The van der Waals surface area contributed by atoms with E-state index in [2.05, 4.69) is 57.9 Å². The van der Waals surface area contributed by atoms with Crippen LogP contribution >= 0.6 is 11.3 Å². The van der Waals surface area contributed by atoms with Gasteiger partial charge in [0.2, 0.25) is 0 Å². The van der Waals surface area contributed by atoms with Gasteiger partial charge in [0.1, 0.15) is 0 Å². The minimum absolute atomic E-state index is 0.144. The van der Waals surface area contributed by atoms with Crippen molar-refractivity contribution in [2.75, 3.05) is 6.54 Å². The summed E-state index contributed by atoms with van der Waals surface area (Å²) in [7, 11) is 0. The van der Waals surface area contributed by atoms with Gasteiger partial charge in [-0.1, -0.05) is 19.1 Å². The van der Waals surface area contributed by atoms with Crippen molar-refractivity contribution >= 4 is 22.2 Å². The summed E-state index contributed by atoms with van der Waals surface area (Å²) in [6.45, 7) is 7.10.